The second-order valence-electron chi connectivity index (χ2n) is 4.67. The molecule has 7 heteroatoms. The molecule has 0 saturated heterocycles. The summed E-state index contributed by atoms with van der Waals surface area (Å²) in [7, 11) is 1.39. The number of hydrogen-bond donors (Lipinski definition) is 3. The molecular formula is C12H22N2O5. The van der Waals surface area contributed by atoms with Gasteiger partial charge in [0.25, 0.3) is 0 Å². The lowest BCUT2D eigenvalue weighted by Gasteiger charge is -2.35. The van der Waals surface area contributed by atoms with Gasteiger partial charge in [-0.3, -0.25) is 9.59 Å². The van der Waals surface area contributed by atoms with Gasteiger partial charge in [-0.2, -0.15) is 0 Å². The Morgan fingerprint density at radius 3 is 2.16 bits per heavy atom. The molecule has 7 nitrogen and oxygen atoms in total. The molecule has 0 fully saturated rings. The lowest BCUT2D eigenvalue weighted by molar-refractivity contribution is -0.157. The van der Waals surface area contributed by atoms with Crippen LogP contribution in [0.15, 0.2) is 0 Å². The number of carboxylic acid groups (broad SMARTS) is 2. The first-order chi connectivity index (χ1) is 8.75. The number of carboxylic acids is 2. The van der Waals surface area contributed by atoms with Gasteiger partial charge in [-0.1, -0.05) is 0 Å². The number of unbranched alkanes of at least 4 members (excludes halogenated alkanes) is 1. The molecule has 0 aliphatic rings. The largest absolute Gasteiger partial charge is 0.481 e. The first kappa shape index (κ1) is 17.4. The molecule has 0 aliphatic heterocycles. The van der Waals surface area contributed by atoms with E-state index in [1.54, 1.807) is 0 Å². The summed E-state index contributed by atoms with van der Waals surface area (Å²) >= 11 is 0. The number of likely N-dealkylation sites (N-methyl/N-ethyl adjacent to an activating group) is 1. The van der Waals surface area contributed by atoms with Gasteiger partial charge in [0, 0.05) is 13.5 Å². The van der Waals surface area contributed by atoms with Crippen molar-refractivity contribution in [3.63, 3.8) is 0 Å². The summed E-state index contributed by atoms with van der Waals surface area (Å²) in [5.41, 5.74) is 4.03. The fourth-order valence-corrected chi connectivity index (χ4v) is 1.69. The summed E-state index contributed by atoms with van der Waals surface area (Å²) in [6, 6.07) is 0. The predicted octanol–water partition coefficient (Wildman–Crippen LogP) is 0.282. The van der Waals surface area contributed by atoms with Crippen molar-refractivity contribution < 1.29 is 24.6 Å². The van der Waals surface area contributed by atoms with Gasteiger partial charge in [0.2, 0.25) is 5.91 Å². The highest BCUT2D eigenvalue weighted by Gasteiger charge is 2.39. The van der Waals surface area contributed by atoms with Gasteiger partial charge >= 0.3 is 11.9 Å². The molecule has 0 aromatic heterocycles. The number of amides is 1. The fourth-order valence-electron chi connectivity index (χ4n) is 1.69. The smallest absolute Gasteiger partial charge is 0.329 e. The van der Waals surface area contributed by atoms with E-state index >= 15 is 0 Å². The Morgan fingerprint density at radius 2 is 1.74 bits per heavy atom. The molecule has 0 bridgehead atoms. The van der Waals surface area contributed by atoms with Crippen molar-refractivity contribution >= 4 is 17.8 Å². The number of rotatable bonds is 9. The molecule has 4 N–H and O–H groups in total. The van der Waals surface area contributed by atoms with Crippen LogP contribution in [0.3, 0.4) is 0 Å². The molecule has 0 unspecified atom stereocenters. The predicted molar refractivity (Wildman–Crippen MR) is 68.6 cm³/mol. The molecule has 110 valence electrons. The van der Waals surface area contributed by atoms with Gasteiger partial charge in [0.05, 0.1) is 6.42 Å². The molecule has 1 amide bonds. The molecular weight excluding hydrogens is 252 g/mol. The van der Waals surface area contributed by atoms with Crippen molar-refractivity contribution in [2.24, 2.45) is 5.73 Å². The Balaban J connectivity index is 4.71. The molecule has 0 rings (SSSR count). The second-order valence-corrected chi connectivity index (χ2v) is 4.67. The van der Waals surface area contributed by atoms with Crippen LogP contribution in [0, 0.1) is 0 Å². The minimum atomic E-state index is -1.33. The third-order valence-corrected chi connectivity index (χ3v) is 3.25. The van der Waals surface area contributed by atoms with E-state index in [2.05, 4.69) is 0 Å². The van der Waals surface area contributed by atoms with E-state index in [4.69, 9.17) is 10.8 Å². The van der Waals surface area contributed by atoms with Crippen LogP contribution in [0.2, 0.25) is 0 Å². The Kier molecular flexibility index (Phi) is 7.06. The molecule has 0 saturated carbocycles. The van der Waals surface area contributed by atoms with E-state index in [9.17, 15) is 19.5 Å². The Morgan fingerprint density at radius 1 is 1.16 bits per heavy atom. The maximum Gasteiger partial charge on any atom is 0.329 e. The van der Waals surface area contributed by atoms with Gasteiger partial charge in [-0.25, -0.2) is 4.79 Å². The van der Waals surface area contributed by atoms with Crippen LogP contribution in [-0.2, 0) is 14.4 Å². The number of hydrogen-bond acceptors (Lipinski definition) is 4. The number of nitrogens with two attached hydrogens (primary N) is 1. The average Bonchev–Trinajstić information content (AvgIpc) is 2.34. The van der Waals surface area contributed by atoms with Crippen LogP contribution in [0.25, 0.3) is 0 Å². The van der Waals surface area contributed by atoms with Gasteiger partial charge in [0.15, 0.2) is 0 Å². The van der Waals surface area contributed by atoms with Gasteiger partial charge in [0.1, 0.15) is 5.54 Å². The van der Waals surface area contributed by atoms with Crippen LogP contribution >= 0.6 is 0 Å². The second kappa shape index (κ2) is 7.73. The highest BCUT2D eigenvalue weighted by atomic mass is 16.4. The molecule has 0 aliphatic carbocycles. The lowest BCUT2D eigenvalue weighted by atomic mass is 9.92. The summed E-state index contributed by atoms with van der Waals surface area (Å²) in [6.07, 6.45) is 1.05. The fraction of sp³-hybridized carbons (Fsp3) is 0.750. The topological polar surface area (TPSA) is 121 Å². The number of aliphatic carboxylic acids is 2. The van der Waals surface area contributed by atoms with E-state index in [1.165, 1.54) is 14.0 Å². The van der Waals surface area contributed by atoms with Crippen molar-refractivity contribution in [2.45, 2.75) is 44.6 Å². The molecule has 0 spiro atoms. The normalized spacial score (nSPS) is 13.6. The Bertz CT molecular complexity index is 345. The van der Waals surface area contributed by atoms with Crippen molar-refractivity contribution in [3.8, 4) is 0 Å². The third-order valence-electron chi connectivity index (χ3n) is 3.25. The highest BCUT2D eigenvalue weighted by molar-refractivity contribution is 5.87. The molecule has 1 atom stereocenters. The van der Waals surface area contributed by atoms with Crippen LogP contribution in [0.5, 0.6) is 0 Å². The first-order valence-electron chi connectivity index (χ1n) is 6.17. The van der Waals surface area contributed by atoms with Crippen molar-refractivity contribution in [2.75, 3.05) is 13.6 Å². The maximum atomic E-state index is 11.8. The van der Waals surface area contributed by atoms with E-state index in [-0.39, 0.29) is 19.3 Å². The zero-order valence-electron chi connectivity index (χ0n) is 11.4. The summed E-state index contributed by atoms with van der Waals surface area (Å²) in [5.74, 6) is -2.67. The highest BCUT2D eigenvalue weighted by Crippen LogP contribution is 2.22. The Labute approximate surface area is 112 Å². The minimum Gasteiger partial charge on any atom is -0.481 e. The van der Waals surface area contributed by atoms with Crippen molar-refractivity contribution in [3.05, 3.63) is 0 Å². The number of carbonyl (C=O) groups is 3. The average molecular weight is 274 g/mol. The Hall–Kier alpha value is -1.63. The summed E-state index contributed by atoms with van der Waals surface area (Å²) in [4.78, 5) is 34.7. The minimum absolute atomic E-state index is 0.203. The van der Waals surface area contributed by atoms with Crippen LogP contribution < -0.4 is 5.73 Å². The summed E-state index contributed by atoms with van der Waals surface area (Å²) in [6.45, 7) is 1.93. The number of nitrogens with zero attached hydrogens (tertiary/aromatic N) is 1. The van der Waals surface area contributed by atoms with Crippen molar-refractivity contribution in [1.29, 1.82) is 0 Å². The monoisotopic (exact) mass is 274 g/mol. The van der Waals surface area contributed by atoms with Gasteiger partial charge in [-0.05, 0) is 32.7 Å². The van der Waals surface area contributed by atoms with E-state index in [0.717, 1.165) is 4.90 Å². The lowest BCUT2D eigenvalue weighted by Crippen LogP contribution is -2.53. The van der Waals surface area contributed by atoms with Crippen molar-refractivity contribution in [1.82, 2.24) is 4.90 Å². The summed E-state index contributed by atoms with van der Waals surface area (Å²) < 4.78 is 0. The molecule has 0 aromatic carbocycles. The SMILES string of the molecule is CN(C(=O)CCC(=O)O)[C@@](C)(CCCCN)C(=O)O. The zero-order valence-corrected chi connectivity index (χ0v) is 11.4. The zero-order chi connectivity index (χ0) is 15.1. The quantitative estimate of drug-likeness (QED) is 0.519. The van der Waals surface area contributed by atoms with E-state index in [0.29, 0.717) is 19.4 Å². The molecule has 0 radical (unpaired) electrons. The van der Waals surface area contributed by atoms with E-state index in [1.807, 2.05) is 0 Å². The van der Waals surface area contributed by atoms with Crippen LogP contribution in [-0.4, -0.2) is 52.1 Å². The molecule has 0 heterocycles. The first-order valence-corrected chi connectivity index (χ1v) is 6.17. The van der Waals surface area contributed by atoms with E-state index < -0.39 is 23.4 Å². The van der Waals surface area contributed by atoms with Gasteiger partial charge < -0.3 is 20.8 Å². The van der Waals surface area contributed by atoms with Crippen LogP contribution in [0.1, 0.15) is 39.0 Å². The summed E-state index contributed by atoms with van der Waals surface area (Å²) in [5, 5.41) is 17.8. The van der Waals surface area contributed by atoms with Gasteiger partial charge in [-0.15, -0.1) is 0 Å². The molecule has 0 aromatic rings. The van der Waals surface area contributed by atoms with Crippen LogP contribution in [0.4, 0.5) is 0 Å². The molecule has 19 heavy (non-hydrogen) atoms. The number of carbonyl (C=O) groups excluding carboxylic acids is 1. The maximum absolute atomic E-state index is 11.8. The third kappa shape index (κ3) is 5.25. The standard InChI is InChI=1S/C12H22N2O5/c1-12(11(18)19,7-3-4-8-13)14(2)9(15)5-6-10(16)17/h3-8,13H2,1-2H3,(H,16,17)(H,18,19)/t12-/m0/s1.